The quantitative estimate of drug-likeness (QED) is 0.735. The summed E-state index contributed by atoms with van der Waals surface area (Å²) in [5.74, 6) is 1.99. The van der Waals surface area contributed by atoms with Gasteiger partial charge in [0.05, 0.1) is 12.5 Å². The molecule has 3 rings (SSSR count). The summed E-state index contributed by atoms with van der Waals surface area (Å²) in [6.45, 7) is 4.41. The lowest BCUT2D eigenvalue weighted by Crippen LogP contribution is -2.46. The first-order valence-electron chi connectivity index (χ1n) is 8.81. The normalized spacial score (nSPS) is 18.0. The highest BCUT2D eigenvalue weighted by atomic mass is 35.5. The van der Waals surface area contributed by atoms with Crippen molar-refractivity contribution in [3.63, 3.8) is 0 Å². The van der Waals surface area contributed by atoms with E-state index in [2.05, 4.69) is 10.1 Å². The Morgan fingerprint density at radius 2 is 2.23 bits per heavy atom. The van der Waals surface area contributed by atoms with E-state index in [1.165, 1.54) is 0 Å². The molecular weight excluding hydrogens is 354 g/mol. The third-order valence-corrected chi connectivity index (χ3v) is 5.40. The van der Waals surface area contributed by atoms with Gasteiger partial charge >= 0.3 is 0 Å². The van der Waals surface area contributed by atoms with E-state index >= 15 is 0 Å². The van der Waals surface area contributed by atoms with Crippen LogP contribution in [0.15, 0.2) is 28.8 Å². The number of halogens is 1. The van der Waals surface area contributed by atoms with Gasteiger partial charge < -0.3 is 14.2 Å². The van der Waals surface area contributed by atoms with Crippen LogP contribution in [-0.2, 0) is 4.79 Å². The molecule has 6 nitrogen and oxygen atoms in total. The van der Waals surface area contributed by atoms with Crippen molar-refractivity contribution in [1.82, 2.24) is 15.0 Å². The number of carbonyl (C=O) groups excluding carboxylic acids is 1. The number of aromatic nitrogens is 2. The first kappa shape index (κ1) is 18.7. The van der Waals surface area contributed by atoms with Gasteiger partial charge in [-0.05, 0) is 45.2 Å². The highest BCUT2D eigenvalue weighted by Crippen LogP contribution is 2.35. The van der Waals surface area contributed by atoms with Gasteiger partial charge in [-0.2, -0.15) is 4.98 Å². The van der Waals surface area contributed by atoms with Gasteiger partial charge in [-0.25, -0.2) is 0 Å². The summed E-state index contributed by atoms with van der Waals surface area (Å²) in [6.07, 6.45) is 2.80. The third-order valence-electron chi connectivity index (χ3n) is 4.73. The summed E-state index contributed by atoms with van der Waals surface area (Å²) in [4.78, 5) is 19.3. The number of hydrogen-bond acceptors (Lipinski definition) is 5. The third kappa shape index (κ3) is 3.70. The Kier molecular flexibility index (Phi) is 5.51. The van der Waals surface area contributed by atoms with Crippen molar-refractivity contribution in [1.29, 1.82) is 0 Å². The van der Waals surface area contributed by atoms with Gasteiger partial charge in [-0.3, -0.25) is 4.79 Å². The van der Waals surface area contributed by atoms with Crippen LogP contribution in [0.25, 0.3) is 11.4 Å². The lowest BCUT2D eigenvalue weighted by atomic mass is 9.91. The highest BCUT2D eigenvalue weighted by Gasteiger charge is 2.38. The molecule has 1 aliphatic heterocycles. The molecule has 26 heavy (non-hydrogen) atoms. The second-order valence-electron chi connectivity index (χ2n) is 7.22. The van der Waals surface area contributed by atoms with Gasteiger partial charge in [0, 0.05) is 18.0 Å². The number of hydrogen-bond donors (Lipinski definition) is 0. The molecule has 1 atom stereocenters. The van der Waals surface area contributed by atoms with Crippen LogP contribution < -0.4 is 4.74 Å². The minimum Gasteiger partial charge on any atom is -0.497 e. The van der Waals surface area contributed by atoms with Crippen LogP contribution in [0.3, 0.4) is 0 Å². The molecule has 1 amide bonds. The molecule has 0 saturated carbocycles. The highest BCUT2D eigenvalue weighted by molar-refractivity contribution is 6.19. The van der Waals surface area contributed by atoms with Gasteiger partial charge in [0.25, 0.3) is 0 Å². The van der Waals surface area contributed by atoms with Crippen molar-refractivity contribution in [2.45, 2.75) is 39.2 Å². The molecule has 140 valence electrons. The molecular formula is C19H24ClN3O3. The molecule has 2 aromatic rings. The number of nitrogens with zero attached hydrogens (tertiary/aromatic N) is 3. The van der Waals surface area contributed by atoms with Crippen LogP contribution >= 0.6 is 11.6 Å². The molecule has 1 aromatic carbocycles. The summed E-state index contributed by atoms with van der Waals surface area (Å²) in [5, 5.41) is 4.11. The first-order valence-corrected chi connectivity index (χ1v) is 9.35. The van der Waals surface area contributed by atoms with Crippen molar-refractivity contribution in [3.05, 3.63) is 30.2 Å². The average Bonchev–Trinajstić information content (AvgIpc) is 3.17. The molecule has 1 aliphatic rings. The minimum absolute atomic E-state index is 0.0262. The van der Waals surface area contributed by atoms with Crippen molar-refractivity contribution < 1.29 is 14.1 Å². The van der Waals surface area contributed by atoms with E-state index < -0.39 is 5.41 Å². The van der Waals surface area contributed by atoms with Crippen molar-refractivity contribution in [2.24, 2.45) is 5.41 Å². The Morgan fingerprint density at radius 3 is 2.96 bits per heavy atom. The van der Waals surface area contributed by atoms with Crippen LogP contribution in [0, 0.1) is 5.41 Å². The van der Waals surface area contributed by atoms with Crippen LogP contribution in [0.5, 0.6) is 5.75 Å². The van der Waals surface area contributed by atoms with Gasteiger partial charge in [-0.15, -0.1) is 11.6 Å². The summed E-state index contributed by atoms with van der Waals surface area (Å²) in [6, 6.07) is 7.29. The zero-order valence-corrected chi connectivity index (χ0v) is 16.1. The topological polar surface area (TPSA) is 68.5 Å². The average molecular weight is 378 g/mol. The molecule has 0 bridgehead atoms. The van der Waals surface area contributed by atoms with E-state index in [1.54, 1.807) is 7.11 Å². The molecule has 0 radical (unpaired) electrons. The molecule has 0 spiro atoms. The SMILES string of the molecule is COc1cccc(-c2noc(C3CCCCN3C(=O)C(C)(C)CCl)n2)c1. The van der Waals surface area contributed by atoms with E-state index in [0.29, 0.717) is 18.3 Å². The number of likely N-dealkylation sites (tertiary alicyclic amines) is 1. The standard InChI is InChI=1S/C19H24ClN3O3/c1-19(2,12-20)18(24)23-10-5-4-9-15(23)17-21-16(22-26-17)13-7-6-8-14(11-13)25-3/h6-8,11,15H,4-5,9-10,12H2,1-3H3. The Hall–Kier alpha value is -2.08. The second kappa shape index (κ2) is 7.66. The fourth-order valence-corrected chi connectivity index (χ4v) is 3.24. The molecule has 1 saturated heterocycles. The maximum absolute atomic E-state index is 12.9. The van der Waals surface area contributed by atoms with Gasteiger partial charge in [0.2, 0.25) is 17.6 Å². The number of carbonyl (C=O) groups is 1. The first-order chi connectivity index (χ1) is 12.5. The number of rotatable bonds is 5. The lowest BCUT2D eigenvalue weighted by molar-refractivity contribution is -0.144. The zero-order chi connectivity index (χ0) is 18.7. The molecule has 1 unspecified atom stereocenters. The molecule has 2 heterocycles. The van der Waals surface area contributed by atoms with Crippen molar-refractivity contribution in [3.8, 4) is 17.1 Å². The van der Waals surface area contributed by atoms with Crippen LogP contribution in [0.4, 0.5) is 0 Å². The number of benzene rings is 1. The van der Waals surface area contributed by atoms with E-state index in [0.717, 1.165) is 30.6 Å². The van der Waals surface area contributed by atoms with E-state index in [-0.39, 0.29) is 17.8 Å². The van der Waals surface area contributed by atoms with Crippen molar-refractivity contribution in [2.75, 3.05) is 19.5 Å². The molecule has 0 N–H and O–H groups in total. The van der Waals surface area contributed by atoms with Gasteiger partial charge in [0.1, 0.15) is 11.8 Å². The van der Waals surface area contributed by atoms with Gasteiger partial charge in [0.15, 0.2) is 0 Å². The Balaban J connectivity index is 1.87. The fourth-order valence-electron chi connectivity index (χ4n) is 3.13. The molecule has 7 heteroatoms. The maximum atomic E-state index is 12.9. The summed E-state index contributed by atoms with van der Waals surface area (Å²) in [7, 11) is 1.62. The monoisotopic (exact) mass is 377 g/mol. The summed E-state index contributed by atoms with van der Waals surface area (Å²) in [5.41, 5.74) is 0.196. The number of ether oxygens (including phenoxy) is 1. The fraction of sp³-hybridized carbons (Fsp3) is 0.526. The van der Waals surface area contributed by atoms with Gasteiger partial charge in [-0.1, -0.05) is 17.3 Å². The Bertz CT molecular complexity index is 775. The smallest absolute Gasteiger partial charge is 0.249 e. The van der Waals surface area contributed by atoms with Crippen molar-refractivity contribution >= 4 is 17.5 Å². The molecule has 0 aliphatic carbocycles. The largest absolute Gasteiger partial charge is 0.497 e. The van der Waals surface area contributed by atoms with Crippen LogP contribution in [-0.4, -0.2) is 40.5 Å². The Labute approximate surface area is 158 Å². The van der Waals surface area contributed by atoms with E-state index in [9.17, 15) is 4.79 Å². The van der Waals surface area contributed by atoms with E-state index in [4.69, 9.17) is 20.9 Å². The van der Waals surface area contributed by atoms with Crippen LogP contribution in [0.2, 0.25) is 0 Å². The maximum Gasteiger partial charge on any atom is 0.249 e. The number of methoxy groups -OCH3 is 1. The Morgan fingerprint density at radius 1 is 1.42 bits per heavy atom. The number of alkyl halides is 1. The molecule has 1 fully saturated rings. The number of piperidine rings is 1. The summed E-state index contributed by atoms with van der Waals surface area (Å²) < 4.78 is 10.8. The second-order valence-corrected chi connectivity index (χ2v) is 7.48. The predicted octanol–water partition coefficient (Wildman–Crippen LogP) is 4.06. The lowest BCUT2D eigenvalue weighted by Gasteiger charge is -2.38. The summed E-state index contributed by atoms with van der Waals surface area (Å²) >= 11 is 6.00. The number of amides is 1. The van der Waals surface area contributed by atoms with Crippen LogP contribution in [0.1, 0.15) is 45.0 Å². The minimum atomic E-state index is -0.618. The predicted molar refractivity (Wildman–Crippen MR) is 99.1 cm³/mol. The zero-order valence-electron chi connectivity index (χ0n) is 15.4. The van der Waals surface area contributed by atoms with E-state index in [1.807, 2.05) is 43.0 Å². The molecule has 1 aromatic heterocycles.